The first-order valence-electron chi connectivity index (χ1n) is 5.76. The predicted octanol–water partition coefficient (Wildman–Crippen LogP) is 1.61. The molecule has 2 rings (SSSR count). The van der Waals surface area contributed by atoms with Crippen LogP contribution >= 0.6 is 0 Å². The van der Waals surface area contributed by atoms with Crippen molar-refractivity contribution in [3.63, 3.8) is 0 Å². The second-order valence-corrected chi connectivity index (χ2v) is 4.75. The molecule has 1 heterocycles. The van der Waals surface area contributed by atoms with Gasteiger partial charge in [0.2, 0.25) is 0 Å². The molecule has 0 bridgehead atoms. The van der Waals surface area contributed by atoms with E-state index in [-0.39, 0.29) is 0 Å². The number of aliphatic hydroxyl groups is 1. The third-order valence-corrected chi connectivity index (χ3v) is 2.32. The minimum absolute atomic E-state index is 0.356. The van der Waals surface area contributed by atoms with Crippen molar-refractivity contribution >= 4 is 12.2 Å². The van der Waals surface area contributed by atoms with Gasteiger partial charge in [-0.1, -0.05) is 36.4 Å². The standard InChI is InChI=1S/C13H16N4O/c1-13(2,18)10-17-12(14-15-16-17)9-8-11-6-4-3-5-7-11/h3-9,18H,10H2,1-2H3. The lowest BCUT2D eigenvalue weighted by Gasteiger charge is -2.16. The zero-order chi connectivity index (χ0) is 13.0. The summed E-state index contributed by atoms with van der Waals surface area (Å²) in [5.41, 5.74) is 0.236. The van der Waals surface area contributed by atoms with Crippen molar-refractivity contribution in [1.29, 1.82) is 0 Å². The summed E-state index contributed by atoms with van der Waals surface area (Å²) in [4.78, 5) is 0. The van der Waals surface area contributed by atoms with Crippen LogP contribution in [-0.2, 0) is 6.54 Å². The molecular weight excluding hydrogens is 228 g/mol. The van der Waals surface area contributed by atoms with Crippen LogP contribution in [0.4, 0.5) is 0 Å². The quantitative estimate of drug-likeness (QED) is 0.887. The van der Waals surface area contributed by atoms with E-state index in [1.807, 2.05) is 42.5 Å². The van der Waals surface area contributed by atoms with Crippen LogP contribution in [0.25, 0.3) is 12.2 Å². The predicted molar refractivity (Wildman–Crippen MR) is 69.5 cm³/mol. The maximum absolute atomic E-state index is 9.76. The first-order chi connectivity index (χ1) is 8.54. The van der Waals surface area contributed by atoms with E-state index in [9.17, 15) is 5.11 Å². The molecule has 5 nitrogen and oxygen atoms in total. The van der Waals surface area contributed by atoms with E-state index in [0.29, 0.717) is 12.4 Å². The molecule has 1 aromatic heterocycles. The summed E-state index contributed by atoms with van der Waals surface area (Å²) in [6, 6.07) is 9.91. The van der Waals surface area contributed by atoms with Gasteiger partial charge in [-0.2, -0.15) is 0 Å². The molecule has 1 N–H and O–H groups in total. The molecule has 94 valence electrons. The molecule has 0 saturated heterocycles. The summed E-state index contributed by atoms with van der Waals surface area (Å²) in [5, 5.41) is 21.2. The maximum atomic E-state index is 9.76. The summed E-state index contributed by atoms with van der Waals surface area (Å²) in [5.74, 6) is 0.626. The zero-order valence-electron chi connectivity index (χ0n) is 10.5. The minimum atomic E-state index is -0.843. The van der Waals surface area contributed by atoms with E-state index in [4.69, 9.17) is 0 Å². The Labute approximate surface area is 106 Å². The summed E-state index contributed by atoms with van der Waals surface area (Å²) >= 11 is 0. The minimum Gasteiger partial charge on any atom is -0.389 e. The molecule has 0 aliphatic rings. The van der Waals surface area contributed by atoms with Crippen molar-refractivity contribution in [2.45, 2.75) is 26.0 Å². The SMILES string of the molecule is CC(C)(O)Cn1nnnc1C=Cc1ccccc1. The lowest BCUT2D eigenvalue weighted by Crippen LogP contribution is -2.27. The average molecular weight is 244 g/mol. The zero-order valence-corrected chi connectivity index (χ0v) is 10.5. The van der Waals surface area contributed by atoms with Crippen LogP contribution in [0.2, 0.25) is 0 Å². The van der Waals surface area contributed by atoms with Crippen molar-refractivity contribution in [3.8, 4) is 0 Å². The lowest BCUT2D eigenvalue weighted by atomic mass is 10.1. The Bertz CT molecular complexity index is 525. The van der Waals surface area contributed by atoms with Gasteiger partial charge in [0.15, 0.2) is 5.82 Å². The van der Waals surface area contributed by atoms with Crippen molar-refractivity contribution in [3.05, 3.63) is 41.7 Å². The number of tetrazole rings is 1. The van der Waals surface area contributed by atoms with Crippen molar-refractivity contribution in [1.82, 2.24) is 20.2 Å². The second-order valence-electron chi connectivity index (χ2n) is 4.75. The van der Waals surface area contributed by atoms with Gasteiger partial charge in [-0.15, -0.1) is 5.10 Å². The molecule has 18 heavy (non-hydrogen) atoms. The monoisotopic (exact) mass is 244 g/mol. The van der Waals surface area contributed by atoms with Crippen LogP contribution < -0.4 is 0 Å². The fourth-order valence-corrected chi connectivity index (χ4v) is 1.54. The average Bonchev–Trinajstić information content (AvgIpc) is 2.73. The Morgan fingerprint density at radius 1 is 1.22 bits per heavy atom. The van der Waals surface area contributed by atoms with Crippen LogP contribution in [0, 0.1) is 0 Å². The highest BCUT2D eigenvalue weighted by molar-refractivity contribution is 5.66. The van der Waals surface area contributed by atoms with Gasteiger partial charge < -0.3 is 5.11 Å². The summed E-state index contributed by atoms with van der Waals surface area (Å²) in [7, 11) is 0. The van der Waals surface area contributed by atoms with Gasteiger partial charge in [-0.05, 0) is 35.9 Å². The van der Waals surface area contributed by atoms with Crippen molar-refractivity contribution in [2.75, 3.05) is 0 Å². The molecule has 0 radical (unpaired) electrons. The topological polar surface area (TPSA) is 63.8 Å². The third kappa shape index (κ3) is 3.49. The highest BCUT2D eigenvalue weighted by atomic mass is 16.3. The number of rotatable bonds is 4. The van der Waals surface area contributed by atoms with Gasteiger partial charge in [-0.3, -0.25) is 0 Å². The highest BCUT2D eigenvalue weighted by Crippen LogP contribution is 2.09. The Morgan fingerprint density at radius 2 is 1.94 bits per heavy atom. The molecule has 0 aliphatic carbocycles. The molecule has 5 heteroatoms. The first kappa shape index (κ1) is 12.4. The molecule has 0 unspecified atom stereocenters. The van der Waals surface area contributed by atoms with E-state index < -0.39 is 5.60 Å². The lowest BCUT2D eigenvalue weighted by molar-refractivity contribution is 0.0569. The molecule has 2 aromatic rings. The van der Waals surface area contributed by atoms with E-state index in [1.165, 1.54) is 0 Å². The van der Waals surface area contributed by atoms with Crippen LogP contribution in [-0.4, -0.2) is 30.9 Å². The molecule has 0 atom stereocenters. The van der Waals surface area contributed by atoms with Crippen LogP contribution in [0.15, 0.2) is 30.3 Å². The second kappa shape index (κ2) is 5.10. The highest BCUT2D eigenvalue weighted by Gasteiger charge is 2.16. The van der Waals surface area contributed by atoms with Crippen LogP contribution in [0.5, 0.6) is 0 Å². The van der Waals surface area contributed by atoms with Gasteiger partial charge >= 0.3 is 0 Å². The third-order valence-electron chi connectivity index (χ3n) is 2.32. The molecule has 0 aliphatic heterocycles. The largest absolute Gasteiger partial charge is 0.389 e. The van der Waals surface area contributed by atoms with Crippen molar-refractivity contribution < 1.29 is 5.11 Å². The molecule has 1 aromatic carbocycles. The first-order valence-corrected chi connectivity index (χ1v) is 5.76. The van der Waals surface area contributed by atoms with E-state index in [0.717, 1.165) is 5.56 Å². The number of hydrogen-bond acceptors (Lipinski definition) is 4. The Morgan fingerprint density at radius 3 is 2.61 bits per heavy atom. The number of hydrogen-bond donors (Lipinski definition) is 1. The van der Waals surface area contributed by atoms with Gasteiger partial charge in [0.05, 0.1) is 12.1 Å². The Balaban J connectivity index is 2.15. The number of benzene rings is 1. The van der Waals surface area contributed by atoms with Gasteiger partial charge in [0, 0.05) is 0 Å². The van der Waals surface area contributed by atoms with Crippen LogP contribution in [0.1, 0.15) is 25.2 Å². The normalized spacial score (nSPS) is 12.2. The Kier molecular flexibility index (Phi) is 3.53. The summed E-state index contributed by atoms with van der Waals surface area (Å²) < 4.78 is 1.58. The van der Waals surface area contributed by atoms with E-state index in [1.54, 1.807) is 18.5 Å². The van der Waals surface area contributed by atoms with Gasteiger partial charge in [0.25, 0.3) is 0 Å². The van der Waals surface area contributed by atoms with Crippen LogP contribution in [0.3, 0.4) is 0 Å². The van der Waals surface area contributed by atoms with Gasteiger partial charge in [0.1, 0.15) is 0 Å². The molecule has 0 amide bonds. The molecule has 0 fully saturated rings. The summed E-state index contributed by atoms with van der Waals surface area (Å²) in [6.45, 7) is 3.80. The molecular formula is C13H16N4O. The summed E-state index contributed by atoms with van der Waals surface area (Å²) in [6.07, 6.45) is 3.77. The molecule has 0 saturated carbocycles. The Hall–Kier alpha value is -2.01. The van der Waals surface area contributed by atoms with Crippen molar-refractivity contribution in [2.24, 2.45) is 0 Å². The molecule has 0 spiro atoms. The smallest absolute Gasteiger partial charge is 0.174 e. The van der Waals surface area contributed by atoms with E-state index in [2.05, 4.69) is 15.5 Å². The maximum Gasteiger partial charge on any atom is 0.174 e. The number of nitrogens with zero attached hydrogens (tertiary/aromatic N) is 4. The fourth-order valence-electron chi connectivity index (χ4n) is 1.54. The number of aromatic nitrogens is 4. The fraction of sp³-hybridized carbons (Fsp3) is 0.308. The van der Waals surface area contributed by atoms with Gasteiger partial charge in [-0.25, -0.2) is 4.68 Å². The van der Waals surface area contributed by atoms with E-state index >= 15 is 0 Å².